The smallest absolute Gasteiger partial charge is 0.101 e. The van der Waals surface area contributed by atoms with Crippen molar-refractivity contribution < 1.29 is 0 Å². The van der Waals surface area contributed by atoms with Gasteiger partial charge in [-0.25, -0.2) is 0 Å². The highest BCUT2D eigenvalue weighted by Gasteiger charge is 2.26. The molecule has 0 unspecified atom stereocenters. The summed E-state index contributed by atoms with van der Waals surface area (Å²) < 4.78 is 0. The molecule has 3 rings (SSSR count). The maximum absolute atomic E-state index is 6.05. The van der Waals surface area contributed by atoms with Gasteiger partial charge in [-0.1, -0.05) is 11.6 Å². The number of aliphatic imine (C=N–C) groups is 1. The lowest BCUT2D eigenvalue weighted by molar-refractivity contribution is 0.951. The van der Waals surface area contributed by atoms with E-state index in [1.54, 1.807) is 0 Å². The second kappa shape index (κ2) is 5.28. The minimum absolute atomic E-state index is 0. The van der Waals surface area contributed by atoms with Crippen LogP contribution in [0, 0.1) is 0 Å². The van der Waals surface area contributed by atoms with Crippen LogP contribution >= 0.6 is 24.0 Å². The zero-order chi connectivity index (χ0) is 11.0. The highest BCUT2D eigenvalue weighted by atomic mass is 35.5. The summed E-state index contributed by atoms with van der Waals surface area (Å²) in [6.07, 6.45) is 4.84. The summed E-state index contributed by atoms with van der Waals surface area (Å²) in [7, 11) is 0. The topological polar surface area (TPSA) is 24.4 Å². The number of benzene rings is 1. The Balaban J connectivity index is 0.00000108. The molecule has 1 heterocycles. The van der Waals surface area contributed by atoms with E-state index in [2.05, 4.69) is 22.4 Å². The van der Waals surface area contributed by atoms with Crippen LogP contribution in [0.5, 0.6) is 0 Å². The van der Waals surface area contributed by atoms with Crippen LogP contribution < -0.4 is 5.32 Å². The van der Waals surface area contributed by atoms with Crippen molar-refractivity contribution in [2.24, 2.45) is 4.99 Å². The van der Waals surface area contributed by atoms with Crippen LogP contribution in [0.15, 0.2) is 23.2 Å². The van der Waals surface area contributed by atoms with Crippen molar-refractivity contribution >= 4 is 35.5 Å². The first-order valence-corrected chi connectivity index (χ1v) is 6.30. The number of anilines is 1. The van der Waals surface area contributed by atoms with E-state index < -0.39 is 0 Å². The number of rotatable bonds is 2. The lowest BCUT2D eigenvalue weighted by Gasteiger charge is -2.11. The number of hydrogen-bond acceptors (Lipinski definition) is 2. The second-order valence-electron chi connectivity index (χ2n) is 4.56. The first-order valence-electron chi connectivity index (χ1n) is 5.93. The monoisotopic (exact) mass is 270 g/mol. The van der Waals surface area contributed by atoms with E-state index in [1.165, 1.54) is 30.5 Å². The van der Waals surface area contributed by atoms with Gasteiger partial charge in [0.2, 0.25) is 0 Å². The molecule has 0 spiro atoms. The summed E-state index contributed by atoms with van der Waals surface area (Å²) >= 11 is 6.05. The predicted molar refractivity (Wildman–Crippen MR) is 75.8 cm³/mol. The number of nitrogens with one attached hydrogen (secondary N) is 1. The lowest BCUT2D eigenvalue weighted by atomic mass is 10.1. The molecule has 0 atom stereocenters. The summed E-state index contributed by atoms with van der Waals surface area (Å²) in [5.74, 6) is 1.84. The normalized spacial score (nSPS) is 18.5. The summed E-state index contributed by atoms with van der Waals surface area (Å²) in [4.78, 5) is 4.45. The van der Waals surface area contributed by atoms with Gasteiger partial charge < -0.3 is 5.32 Å². The molecule has 2 nitrogen and oxygen atoms in total. The molecule has 17 heavy (non-hydrogen) atoms. The average molecular weight is 271 g/mol. The van der Waals surface area contributed by atoms with Gasteiger partial charge in [-0.2, -0.15) is 0 Å². The summed E-state index contributed by atoms with van der Waals surface area (Å²) in [6, 6.07) is 6.12. The Morgan fingerprint density at radius 2 is 2.12 bits per heavy atom. The Labute approximate surface area is 113 Å². The van der Waals surface area contributed by atoms with Gasteiger partial charge in [0.15, 0.2) is 0 Å². The fourth-order valence-electron chi connectivity index (χ4n) is 2.18. The van der Waals surface area contributed by atoms with Gasteiger partial charge in [-0.05, 0) is 48.9 Å². The van der Waals surface area contributed by atoms with Crippen LogP contribution in [0.3, 0.4) is 0 Å². The predicted octanol–water partition coefficient (Wildman–Crippen LogP) is 4.24. The molecule has 0 saturated heterocycles. The zero-order valence-corrected chi connectivity index (χ0v) is 11.2. The molecule has 4 heteroatoms. The molecular formula is C13H16Cl2N2. The van der Waals surface area contributed by atoms with Gasteiger partial charge in [0.25, 0.3) is 0 Å². The van der Waals surface area contributed by atoms with E-state index >= 15 is 0 Å². The van der Waals surface area contributed by atoms with E-state index in [1.807, 2.05) is 6.07 Å². The third-order valence-corrected chi connectivity index (χ3v) is 3.42. The molecule has 2 aliphatic rings. The molecule has 1 fully saturated rings. The van der Waals surface area contributed by atoms with Crippen molar-refractivity contribution in [3.05, 3.63) is 28.8 Å². The van der Waals surface area contributed by atoms with Gasteiger partial charge >= 0.3 is 0 Å². The van der Waals surface area contributed by atoms with Crippen molar-refractivity contribution in [2.45, 2.75) is 31.6 Å². The molecule has 0 bridgehead atoms. The first kappa shape index (κ1) is 12.7. The zero-order valence-electron chi connectivity index (χ0n) is 9.58. The lowest BCUT2D eigenvalue weighted by Crippen LogP contribution is -2.09. The maximum atomic E-state index is 6.05. The fourth-order valence-corrected chi connectivity index (χ4v) is 2.36. The van der Waals surface area contributed by atoms with E-state index in [4.69, 9.17) is 11.6 Å². The molecule has 92 valence electrons. The van der Waals surface area contributed by atoms with Crippen LogP contribution in [0.1, 0.15) is 37.2 Å². The van der Waals surface area contributed by atoms with Gasteiger partial charge in [0, 0.05) is 23.7 Å². The third kappa shape index (κ3) is 2.93. The Morgan fingerprint density at radius 3 is 2.76 bits per heavy atom. The highest BCUT2D eigenvalue weighted by molar-refractivity contribution is 6.30. The molecule has 0 aromatic heterocycles. The molecule has 1 aliphatic carbocycles. The maximum Gasteiger partial charge on any atom is 0.101 e. The van der Waals surface area contributed by atoms with Gasteiger partial charge in [0.1, 0.15) is 5.84 Å². The molecule has 1 aromatic carbocycles. The Hall–Kier alpha value is -0.730. The summed E-state index contributed by atoms with van der Waals surface area (Å²) in [5.41, 5.74) is 2.56. The van der Waals surface area contributed by atoms with Crippen LogP contribution in [0.25, 0.3) is 0 Å². The van der Waals surface area contributed by atoms with E-state index in [0.717, 1.165) is 23.8 Å². The van der Waals surface area contributed by atoms with Crippen molar-refractivity contribution in [1.29, 1.82) is 0 Å². The van der Waals surface area contributed by atoms with Crippen molar-refractivity contribution in [1.82, 2.24) is 0 Å². The molecule has 1 aromatic rings. The van der Waals surface area contributed by atoms with E-state index in [-0.39, 0.29) is 12.4 Å². The number of hydrogen-bond donors (Lipinski definition) is 1. The number of nitrogens with zero attached hydrogens (tertiary/aromatic N) is 1. The molecule has 0 radical (unpaired) electrons. The molecule has 0 amide bonds. The Kier molecular flexibility index (Phi) is 3.95. The first-order chi connectivity index (χ1) is 7.83. The fraction of sp³-hybridized carbons (Fsp3) is 0.462. The number of amidine groups is 1. The van der Waals surface area contributed by atoms with Crippen LogP contribution in [0.4, 0.5) is 5.69 Å². The van der Waals surface area contributed by atoms with Gasteiger partial charge in [-0.15, -0.1) is 12.4 Å². The van der Waals surface area contributed by atoms with Crippen LogP contribution in [-0.2, 0) is 0 Å². The summed E-state index contributed by atoms with van der Waals surface area (Å²) in [6.45, 7) is 0.967. The number of halogens is 2. The van der Waals surface area contributed by atoms with Crippen LogP contribution in [-0.4, -0.2) is 12.4 Å². The molecule has 1 saturated carbocycles. The minimum Gasteiger partial charge on any atom is -0.344 e. The molecular weight excluding hydrogens is 255 g/mol. The van der Waals surface area contributed by atoms with E-state index in [0.29, 0.717) is 5.92 Å². The average Bonchev–Trinajstić information content (AvgIpc) is 3.00. The molecule has 1 aliphatic heterocycles. The van der Waals surface area contributed by atoms with Crippen molar-refractivity contribution in [3.63, 3.8) is 0 Å². The quantitative estimate of drug-likeness (QED) is 0.854. The van der Waals surface area contributed by atoms with Gasteiger partial charge in [0.05, 0.1) is 0 Å². The third-order valence-electron chi connectivity index (χ3n) is 3.18. The van der Waals surface area contributed by atoms with Crippen molar-refractivity contribution in [2.75, 3.05) is 11.9 Å². The Morgan fingerprint density at radius 1 is 1.29 bits per heavy atom. The standard InChI is InChI=1S/C13H15ClN2.ClH/c14-10-5-6-12(11(8-10)9-3-4-9)16-13-2-1-7-15-13;/h5-6,8-9H,1-4,7H2,(H,15,16);1H. The molecule has 1 N–H and O–H groups in total. The van der Waals surface area contributed by atoms with Crippen LogP contribution in [0.2, 0.25) is 5.02 Å². The minimum atomic E-state index is 0. The van der Waals surface area contributed by atoms with Crippen molar-refractivity contribution in [3.8, 4) is 0 Å². The Bertz CT molecular complexity index is 439. The summed E-state index contributed by atoms with van der Waals surface area (Å²) in [5, 5.41) is 4.28. The van der Waals surface area contributed by atoms with Gasteiger partial charge in [-0.3, -0.25) is 4.99 Å². The van der Waals surface area contributed by atoms with E-state index in [9.17, 15) is 0 Å². The SMILES string of the molecule is Cl.Clc1ccc(NC2=NCCC2)c(C2CC2)c1. The highest BCUT2D eigenvalue weighted by Crippen LogP contribution is 2.44. The second-order valence-corrected chi connectivity index (χ2v) is 5.00. The largest absolute Gasteiger partial charge is 0.344 e.